The fourth-order valence-corrected chi connectivity index (χ4v) is 20.4. The molecule has 6 unspecified atom stereocenters. The highest BCUT2D eigenvalue weighted by Crippen LogP contribution is 2.52. The van der Waals surface area contributed by atoms with Crippen molar-refractivity contribution in [2.24, 2.45) is 0 Å². The number of nitriles is 2. The maximum Gasteiger partial charge on any atom is 0.410 e. The predicted octanol–water partition coefficient (Wildman–Crippen LogP) is 18.7. The molecule has 26 heteroatoms. The summed E-state index contributed by atoms with van der Waals surface area (Å²) in [6, 6.07) is 69.0. The van der Waals surface area contributed by atoms with E-state index in [0.717, 1.165) is 89.0 Å². The van der Waals surface area contributed by atoms with E-state index in [-0.39, 0.29) is 133 Å². The molecule has 0 saturated carbocycles. The average Bonchev–Trinajstić information content (AvgIpc) is 1.64. The number of rotatable bonds is 40. The molecule has 4 N–H and O–H groups in total. The molecular formula is C96H116N10O14P2. The molecule has 0 radical (unpaired) electrons. The highest BCUT2D eigenvalue weighted by atomic mass is 31.2. The molecular weight excluding hydrogens is 1580 g/mol. The number of ether oxygens (including phenoxy) is 4. The van der Waals surface area contributed by atoms with Crippen LogP contribution in [0.5, 0.6) is 0 Å². The molecule has 122 heavy (non-hydrogen) atoms. The standard InChI is InChI=1S/C50H61N6O8P.C46H55N4O6P/c1-7-46(35(6)64-65(63-28-16-25-51)56(33(2)3)34(4)5)54-47(57)29-53-48(58)30-55(50(60)62-32-45-42-23-14-10-19-38(42)39-20-11-15-24-43(39)45)27-26-52-49(59)61-31-44-40-21-12-8-17-36(40)37-18-9-13-22-41(37)44;1-7-44(33(6)56-57(55-28-16-25-47)50(31(2)3)32(4)5)49(46(52)54-30-43-40-23-14-10-19-36(40)37-20-11-15-24-41(37)43)27-26-48-45(51)53-29-42-38-21-12-8-17-34(38)35-18-9-13-22-39(35)42/h8-15,17-24,33-35,44-46H,7,16,26-32H2,1-6H3,(H,52,59)(H,53,58)(H,54,57);8-15,17-24,31-33,42-44H,7,16,26-30H2,1-6H3,(H,48,51). The Morgan fingerprint density at radius 2 is 0.705 bits per heavy atom. The lowest BCUT2D eigenvalue weighted by molar-refractivity contribution is -0.127. The Balaban J connectivity index is 0.000000240. The number of amides is 6. The molecule has 0 fully saturated rings. The van der Waals surface area contributed by atoms with E-state index in [0.29, 0.717) is 12.8 Å². The minimum absolute atomic E-state index is 0.0292. The van der Waals surface area contributed by atoms with E-state index >= 15 is 0 Å². The first-order chi connectivity index (χ1) is 59.0. The Hall–Kier alpha value is -10.6. The van der Waals surface area contributed by atoms with Gasteiger partial charge < -0.3 is 63.2 Å². The largest absolute Gasteiger partial charge is 0.449 e. The second kappa shape index (κ2) is 45.0. The van der Waals surface area contributed by atoms with E-state index in [9.17, 15) is 34.0 Å². The van der Waals surface area contributed by atoms with Crippen molar-refractivity contribution in [3.8, 4) is 56.6 Å². The Kier molecular flexibility index (Phi) is 33.9. The quantitative estimate of drug-likeness (QED) is 0.0158. The van der Waals surface area contributed by atoms with Gasteiger partial charge in [0.25, 0.3) is 17.1 Å². The van der Waals surface area contributed by atoms with Crippen LogP contribution in [0.2, 0.25) is 0 Å². The van der Waals surface area contributed by atoms with Crippen molar-refractivity contribution in [1.82, 2.24) is 40.4 Å². The molecule has 4 aliphatic rings. The minimum atomic E-state index is -1.57. The van der Waals surface area contributed by atoms with Crippen LogP contribution in [0.15, 0.2) is 194 Å². The van der Waals surface area contributed by atoms with Crippen molar-refractivity contribution in [3.63, 3.8) is 0 Å². The monoisotopic (exact) mass is 1690 g/mol. The van der Waals surface area contributed by atoms with Gasteiger partial charge in [-0.3, -0.25) is 14.5 Å². The van der Waals surface area contributed by atoms with Gasteiger partial charge in [0.15, 0.2) is 0 Å². The van der Waals surface area contributed by atoms with Crippen LogP contribution in [0.25, 0.3) is 44.5 Å². The van der Waals surface area contributed by atoms with Crippen molar-refractivity contribution < 1.29 is 65.8 Å². The van der Waals surface area contributed by atoms with Gasteiger partial charge in [0.1, 0.15) is 33.0 Å². The zero-order valence-corrected chi connectivity index (χ0v) is 73.8. The fraction of sp³-hybridized carbons (Fsp3) is 0.417. The third-order valence-corrected chi connectivity index (χ3v) is 26.9. The normalized spacial score (nSPS) is 14.4. The number of alkyl carbamates (subject to hydrolysis) is 2. The minimum Gasteiger partial charge on any atom is -0.449 e. The van der Waals surface area contributed by atoms with E-state index < -0.39 is 84.1 Å². The maximum absolute atomic E-state index is 14.3. The van der Waals surface area contributed by atoms with E-state index in [1.54, 1.807) is 4.90 Å². The van der Waals surface area contributed by atoms with Crippen LogP contribution < -0.4 is 21.3 Å². The molecule has 12 rings (SSSR count). The second-order valence-electron chi connectivity index (χ2n) is 31.8. The van der Waals surface area contributed by atoms with Crippen LogP contribution in [0.3, 0.4) is 0 Å². The highest BCUT2D eigenvalue weighted by molar-refractivity contribution is 7.44. The van der Waals surface area contributed by atoms with Crippen LogP contribution in [0.4, 0.5) is 19.2 Å². The molecule has 0 aliphatic heterocycles. The van der Waals surface area contributed by atoms with E-state index in [2.05, 4.69) is 159 Å². The van der Waals surface area contributed by atoms with Crippen molar-refractivity contribution in [3.05, 3.63) is 239 Å². The number of carbonyl (C=O) groups is 6. The number of fused-ring (bicyclic) bond motifs is 12. The molecule has 8 aromatic rings. The number of hydrogen-bond donors (Lipinski definition) is 4. The summed E-state index contributed by atoms with van der Waals surface area (Å²) in [5.41, 5.74) is 17.8. The molecule has 6 amide bonds. The van der Waals surface area contributed by atoms with Gasteiger partial charge in [-0.2, -0.15) is 10.5 Å². The van der Waals surface area contributed by atoms with Gasteiger partial charge in [-0.15, -0.1) is 0 Å². The zero-order valence-electron chi connectivity index (χ0n) is 72.0. The number of hydrogen-bond acceptors (Lipinski definition) is 18. The summed E-state index contributed by atoms with van der Waals surface area (Å²) >= 11 is 0. The van der Waals surface area contributed by atoms with Gasteiger partial charge in [0.05, 0.1) is 69.0 Å². The summed E-state index contributed by atoms with van der Waals surface area (Å²) in [5.74, 6) is -1.54. The van der Waals surface area contributed by atoms with Crippen LogP contribution >= 0.6 is 17.1 Å². The first kappa shape index (κ1) is 92.1. The molecule has 6 atom stereocenters. The Bertz CT molecular complexity index is 4760. The van der Waals surface area contributed by atoms with Crippen molar-refractivity contribution >= 4 is 53.2 Å². The van der Waals surface area contributed by atoms with Gasteiger partial charge in [0.2, 0.25) is 11.8 Å². The first-order valence-corrected chi connectivity index (χ1v) is 44.8. The molecule has 0 saturated heterocycles. The molecule has 8 aromatic carbocycles. The van der Waals surface area contributed by atoms with E-state index in [1.165, 1.54) is 4.90 Å². The Morgan fingerprint density at radius 3 is 1.02 bits per heavy atom. The molecule has 0 spiro atoms. The van der Waals surface area contributed by atoms with Crippen LogP contribution in [-0.2, 0) is 46.6 Å². The lowest BCUT2D eigenvalue weighted by Gasteiger charge is -2.40. The first-order valence-electron chi connectivity index (χ1n) is 42.5. The number of carbonyl (C=O) groups excluding carboxylic acids is 6. The lowest BCUT2D eigenvalue weighted by Crippen LogP contribution is -2.50. The summed E-state index contributed by atoms with van der Waals surface area (Å²) in [4.78, 5) is 84.0. The number of nitrogens with zero attached hydrogens (tertiary/aromatic N) is 6. The molecule has 0 heterocycles. The molecule has 4 aliphatic carbocycles. The van der Waals surface area contributed by atoms with Gasteiger partial charge in [-0.25, -0.2) is 28.5 Å². The average molecular weight is 1700 g/mol. The maximum atomic E-state index is 14.3. The van der Waals surface area contributed by atoms with Gasteiger partial charge in [-0.05, 0) is 171 Å². The lowest BCUT2D eigenvalue weighted by atomic mass is 9.98. The number of benzene rings is 8. The predicted molar refractivity (Wildman–Crippen MR) is 475 cm³/mol. The number of nitrogens with one attached hydrogen (secondary N) is 4. The van der Waals surface area contributed by atoms with E-state index in [4.69, 9.17) is 42.3 Å². The summed E-state index contributed by atoms with van der Waals surface area (Å²) in [6.07, 6.45) is -1.83. The Morgan fingerprint density at radius 1 is 0.393 bits per heavy atom. The molecule has 644 valence electrons. The van der Waals surface area contributed by atoms with Crippen molar-refractivity contribution in [1.29, 1.82) is 10.5 Å². The third kappa shape index (κ3) is 23.0. The molecule has 0 aromatic heterocycles. The highest BCUT2D eigenvalue weighted by Gasteiger charge is 2.39. The van der Waals surface area contributed by atoms with Crippen LogP contribution in [0.1, 0.15) is 177 Å². The van der Waals surface area contributed by atoms with Crippen molar-refractivity contribution in [2.75, 3.05) is 78.9 Å². The smallest absolute Gasteiger partial charge is 0.410 e. The van der Waals surface area contributed by atoms with Crippen molar-refractivity contribution in [2.45, 2.75) is 181 Å². The fourth-order valence-electron chi connectivity index (χ4n) is 16.9. The summed E-state index contributed by atoms with van der Waals surface area (Å²) in [6.45, 7) is 24.7. The van der Waals surface area contributed by atoms with Gasteiger partial charge in [-0.1, -0.05) is 208 Å². The SMILES string of the molecule is CCC(C(C)OP(OCCC#N)N(C(C)C)C(C)C)N(CCNC(=O)OCC1c2ccccc2-c2ccccc21)C(=O)OCC1c2ccccc2-c2ccccc21.CCC(NC(=O)CNC(=O)CN(CCNC(=O)OCC1c2ccccc2-c2ccccc21)C(=O)OCC1c2ccccc2-c2ccccc21)C(C)OP(OCCC#N)N(C(C)C)C(C)C. The second-order valence-corrected chi connectivity index (χ2v) is 34.6. The van der Waals surface area contributed by atoms with Gasteiger partial charge >= 0.3 is 24.4 Å². The Labute approximate surface area is 721 Å². The molecule has 24 nitrogen and oxygen atoms in total. The zero-order chi connectivity index (χ0) is 86.9. The van der Waals surface area contributed by atoms with Crippen LogP contribution in [-0.4, -0.2) is 183 Å². The van der Waals surface area contributed by atoms with E-state index in [1.807, 2.05) is 161 Å². The van der Waals surface area contributed by atoms with Gasteiger partial charge in [0, 0.05) is 74.0 Å². The molecule has 0 bridgehead atoms. The summed E-state index contributed by atoms with van der Waals surface area (Å²) in [5, 5.41) is 29.5. The summed E-state index contributed by atoms with van der Waals surface area (Å²) in [7, 11) is -3.10. The van der Waals surface area contributed by atoms with Crippen LogP contribution in [0, 0.1) is 22.7 Å². The summed E-state index contributed by atoms with van der Waals surface area (Å²) < 4.78 is 53.3. The topological polar surface area (TPSA) is 285 Å². The third-order valence-electron chi connectivity index (χ3n) is 22.5.